The number of fused-ring (bicyclic) bond motifs is 1. The summed E-state index contributed by atoms with van der Waals surface area (Å²) in [5.41, 5.74) is 1.75. The molecule has 1 aromatic carbocycles. The van der Waals surface area contributed by atoms with Crippen molar-refractivity contribution in [1.82, 2.24) is 13.9 Å². The summed E-state index contributed by atoms with van der Waals surface area (Å²) in [6.07, 6.45) is 4.56. The Morgan fingerprint density at radius 2 is 1.82 bits per heavy atom. The van der Waals surface area contributed by atoms with Crippen LogP contribution in [0.2, 0.25) is 0 Å². The van der Waals surface area contributed by atoms with Gasteiger partial charge in [-0.15, -0.1) is 0 Å². The molecular formula is C19H22N4O4S. The summed E-state index contributed by atoms with van der Waals surface area (Å²) >= 11 is 0. The van der Waals surface area contributed by atoms with E-state index in [0.717, 1.165) is 37.3 Å². The zero-order valence-electron chi connectivity index (χ0n) is 15.5. The zero-order valence-corrected chi connectivity index (χ0v) is 16.3. The van der Waals surface area contributed by atoms with Crippen LogP contribution in [-0.2, 0) is 14.8 Å². The van der Waals surface area contributed by atoms with Gasteiger partial charge in [0.2, 0.25) is 0 Å². The number of likely N-dealkylation sites (N-methyl/N-ethyl adjacent to an activating group) is 1. The molecule has 0 unspecified atom stereocenters. The Morgan fingerprint density at radius 3 is 2.46 bits per heavy atom. The first kappa shape index (κ1) is 19.8. The van der Waals surface area contributed by atoms with Crippen molar-refractivity contribution in [3.63, 3.8) is 0 Å². The standard InChI is InChI=1S/C18H20N4O2S.CH2O2/c1-20-9-11-21(12-10-20)16-5-4-15-6-8-22(18(15)13-16)25(23,24)17-3-2-7-19-14-17;2-1-3/h2-8,13-14H,9-12H2,1H3;1H,(H,2,3). The summed E-state index contributed by atoms with van der Waals surface area (Å²) in [5.74, 6) is 0. The molecule has 9 heteroatoms. The van der Waals surface area contributed by atoms with Gasteiger partial charge in [0.25, 0.3) is 16.5 Å². The Kier molecular flexibility index (Phi) is 5.96. The predicted octanol–water partition coefficient (Wildman–Crippen LogP) is 1.73. The molecule has 0 spiro atoms. The van der Waals surface area contributed by atoms with Crippen LogP contribution < -0.4 is 4.90 Å². The molecule has 1 aliphatic heterocycles. The lowest BCUT2D eigenvalue weighted by atomic mass is 10.2. The fourth-order valence-electron chi connectivity index (χ4n) is 3.18. The van der Waals surface area contributed by atoms with Gasteiger partial charge in [-0.05, 0) is 37.4 Å². The minimum absolute atomic E-state index is 0.192. The van der Waals surface area contributed by atoms with E-state index in [9.17, 15) is 8.42 Å². The van der Waals surface area contributed by atoms with Crippen LogP contribution in [-0.4, -0.2) is 67.1 Å². The summed E-state index contributed by atoms with van der Waals surface area (Å²) in [4.78, 5) is 17.1. The fourth-order valence-corrected chi connectivity index (χ4v) is 4.49. The van der Waals surface area contributed by atoms with Gasteiger partial charge in [-0.25, -0.2) is 12.4 Å². The molecule has 3 aromatic rings. The maximum Gasteiger partial charge on any atom is 0.290 e. The van der Waals surface area contributed by atoms with Crippen molar-refractivity contribution in [2.45, 2.75) is 4.90 Å². The summed E-state index contributed by atoms with van der Waals surface area (Å²) in [5, 5.41) is 7.80. The van der Waals surface area contributed by atoms with Gasteiger partial charge >= 0.3 is 0 Å². The Labute approximate surface area is 163 Å². The molecule has 1 N–H and O–H groups in total. The average molecular weight is 402 g/mol. The quantitative estimate of drug-likeness (QED) is 0.667. The van der Waals surface area contributed by atoms with E-state index in [1.165, 1.54) is 10.2 Å². The van der Waals surface area contributed by atoms with Gasteiger partial charge in [-0.1, -0.05) is 6.07 Å². The van der Waals surface area contributed by atoms with Gasteiger partial charge in [0.05, 0.1) is 5.52 Å². The Hall–Kier alpha value is -2.91. The van der Waals surface area contributed by atoms with E-state index < -0.39 is 10.0 Å². The average Bonchev–Trinajstić information content (AvgIpc) is 3.14. The Balaban J connectivity index is 0.000000706. The maximum absolute atomic E-state index is 12.9. The van der Waals surface area contributed by atoms with Crippen LogP contribution in [0.5, 0.6) is 0 Å². The highest BCUT2D eigenvalue weighted by molar-refractivity contribution is 7.90. The van der Waals surface area contributed by atoms with Crippen molar-refractivity contribution in [3.8, 4) is 0 Å². The lowest BCUT2D eigenvalue weighted by molar-refractivity contribution is -0.122. The fraction of sp³-hybridized carbons (Fsp3) is 0.263. The number of carboxylic acid groups (broad SMARTS) is 1. The maximum atomic E-state index is 12.9. The molecule has 2 aromatic heterocycles. The van der Waals surface area contributed by atoms with Crippen molar-refractivity contribution < 1.29 is 18.3 Å². The van der Waals surface area contributed by atoms with E-state index in [1.807, 2.05) is 18.2 Å². The number of benzene rings is 1. The molecule has 0 aliphatic carbocycles. The van der Waals surface area contributed by atoms with Gasteiger partial charge in [-0.3, -0.25) is 9.78 Å². The molecule has 0 amide bonds. The lowest BCUT2D eigenvalue weighted by Crippen LogP contribution is -2.44. The number of carbonyl (C=O) groups is 1. The third kappa shape index (κ3) is 4.00. The molecule has 0 saturated carbocycles. The number of hydrogen-bond acceptors (Lipinski definition) is 6. The number of nitrogens with zero attached hydrogens (tertiary/aromatic N) is 4. The molecule has 148 valence electrons. The van der Waals surface area contributed by atoms with Crippen LogP contribution in [0, 0.1) is 0 Å². The SMILES string of the molecule is CN1CCN(c2ccc3ccn(S(=O)(=O)c4cccnc4)c3c2)CC1.O=CO. The highest BCUT2D eigenvalue weighted by Crippen LogP contribution is 2.27. The smallest absolute Gasteiger partial charge is 0.290 e. The van der Waals surface area contributed by atoms with Crippen LogP contribution in [0.3, 0.4) is 0 Å². The summed E-state index contributed by atoms with van der Waals surface area (Å²) in [7, 11) is -1.53. The number of anilines is 1. The van der Waals surface area contributed by atoms with Crippen LogP contribution in [0.15, 0.2) is 59.9 Å². The lowest BCUT2D eigenvalue weighted by Gasteiger charge is -2.34. The molecule has 1 fully saturated rings. The summed E-state index contributed by atoms with van der Waals surface area (Å²) in [6, 6.07) is 11.0. The van der Waals surface area contributed by atoms with Gasteiger partial charge in [0.15, 0.2) is 0 Å². The molecule has 0 bridgehead atoms. The Bertz CT molecular complexity index is 1040. The van der Waals surface area contributed by atoms with Crippen LogP contribution >= 0.6 is 0 Å². The third-order valence-electron chi connectivity index (χ3n) is 4.70. The first-order valence-corrected chi connectivity index (χ1v) is 10.2. The van der Waals surface area contributed by atoms with Gasteiger partial charge in [0.1, 0.15) is 4.90 Å². The molecule has 8 nitrogen and oxygen atoms in total. The van der Waals surface area contributed by atoms with Gasteiger partial charge in [-0.2, -0.15) is 0 Å². The van der Waals surface area contributed by atoms with E-state index in [1.54, 1.807) is 24.5 Å². The van der Waals surface area contributed by atoms with E-state index >= 15 is 0 Å². The number of rotatable bonds is 3. The highest BCUT2D eigenvalue weighted by atomic mass is 32.2. The highest BCUT2D eigenvalue weighted by Gasteiger charge is 2.20. The van der Waals surface area contributed by atoms with Gasteiger partial charge in [0, 0.05) is 55.8 Å². The second kappa shape index (κ2) is 8.41. The molecular weight excluding hydrogens is 380 g/mol. The Morgan fingerprint density at radius 1 is 1.11 bits per heavy atom. The summed E-state index contributed by atoms with van der Waals surface area (Å²) < 4.78 is 27.2. The number of pyridine rings is 1. The molecule has 0 radical (unpaired) electrons. The van der Waals surface area contributed by atoms with Crippen LogP contribution in [0.1, 0.15) is 0 Å². The molecule has 1 saturated heterocycles. The number of piperazine rings is 1. The van der Waals surface area contributed by atoms with E-state index in [-0.39, 0.29) is 11.4 Å². The van der Waals surface area contributed by atoms with E-state index in [4.69, 9.17) is 9.90 Å². The second-order valence-electron chi connectivity index (χ2n) is 6.44. The molecule has 28 heavy (non-hydrogen) atoms. The van der Waals surface area contributed by atoms with Crippen LogP contribution in [0.25, 0.3) is 10.9 Å². The van der Waals surface area contributed by atoms with Crippen molar-refractivity contribution in [1.29, 1.82) is 0 Å². The predicted molar refractivity (Wildman–Crippen MR) is 107 cm³/mol. The van der Waals surface area contributed by atoms with Crippen molar-refractivity contribution in [3.05, 3.63) is 55.0 Å². The largest absolute Gasteiger partial charge is 0.483 e. The summed E-state index contributed by atoms with van der Waals surface area (Å²) in [6.45, 7) is 3.65. The van der Waals surface area contributed by atoms with E-state index in [2.05, 4.69) is 27.9 Å². The normalized spacial score (nSPS) is 15.1. The molecule has 1 aliphatic rings. The van der Waals surface area contributed by atoms with E-state index in [0.29, 0.717) is 5.52 Å². The first-order chi connectivity index (χ1) is 13.5. The zero-order chi connectivity index (χ0) is 20.1. The third-order valence-corrected chi connectivity index (χ3v) is 6.37. The topological polar surface area (TPSA) is 95.7 Å². The minimum atomic E-state index is -3.65. The minimum Gasteiger partial charge on any atom is -0.483 e. The first-order valence-electron chi connectivity index (χ1n) is 8.75. The molecule has 3 heterocycles. The van der Waals surface area contributed by atoms with Crippen LogP contribution in [0.4, 0.5) is 5.69 Å². The number of aromatic nitrogens is 2. The monoisotopic (exact) mass is 402 g/mol. The molecule has 4 rings (SSSR count). The van der Waals surface area contributed by atoms with Gasteiger partial charge < -0.3 is 14.9 Å². The van der Waals surface area contributed by atoms with Crippen molar-refractivity contribution >= 4 is 33.1 Å². The van der Waals surface area contributed by atoms with Crippen molar-refractivity contribution in [2.24, 2.45) is 0 Å². The molecule has 0 atom stereocenters. The van der Waals surface area contributed by atoms with Crippen molar-refractivity contribution in [2.75, 3.05) is 38.1 Å². The second-order valence-corrected chi connectivity index (χ2v) is 8.26. The number of hydrogen-bond donors (Lipinski definition) is 1.